The molecule has 1 atom stereocenters. The number of nitrogens with one attached hydrogen (secondary N) is 1. The molecule has 0 bridgehead atoms. The minimum Gasteiger partial charge on any atom is -0.342 e. The zero-order valence-corrected chi connectivity index (χ0v) is 16.5. The summed E-state index contributed by atoms with van der Waals surface area (Å²) >= 11 is 0. The van der Waals surface area contributed by atoms with Crippen molar-refractivity contribution in [3.8, 4) is 0 Å². The van der Waals surface area contributed by atoms with Crippen molar-refractivity contribution >= 4 is 21.0 Å². The van der Waals surface area contributed by atoms with Crippen LogP contribution < -0.4 is 5.32 Å². The monoisotopic (exact) mass is 394 g/mol. The molecular formula is C21H30N2O3S. The van der Waals surface area contributed by atoms with Crippen LogP contribution in [0.2, 0.25) is 0 Å². The lowest BCUT2D eigenvalue weighted by Gasteiger charge is -2.31. The fourth-order valence-electron chi connectivity index (χ4n) is 4.77. The predicted molar refractivity (Wildman–Crippen MR) is 109 cm³/mol. The van der Waals surface area contributed by atoms with Gasteiger partial charge in [-0.05, 0) is 61.3 Å². The third-order valence-electron chi connectivity index (χ3n) is 5.88. The van der Waals surface area contributed by atoms with Crippen LogP contribution in [0.25, 0.3) is 10.9 Å². The second-order valence-corrected chi connectivity index (χ2v) is 9.34. The molecular weight excluding hydrogens is 360 g/mol. The molecule has 0 amide bonds. The summed E-state index contributed by atoms with van der Waals surface area (Å²) in [7, 11) is -3.67. The molecule has 1 unspecified atom stereocenters. The third kappa shape index (κ3) is 4.08. The van der Waals surface area contributed by atoms with Gasteiger partial charge in [-0.25, -0.2) is 0 Å². The van der Waals surface area contributed by atoms with Crippen molar-refractivity contribution in [3.63, 3.8) is 0 Å². The van der Waals surface area contributed by atoms with E-state index in [4.69, 9.17) is 10.0 Å². The second-order valence-electron chi connectivity index (χ2n) is 7.87. The van der Waals surface area contributed by atoms with Crippen LogP contribution in [0.4, 0.5) is 0 Å². The van der Waals surface area contributed by atoms with E-state index in [2.05, 4.69) is 17.4 Å². The maximum atomic E-state index is 9.19. The Morgan fingerprint density at radius 2 is 1.93 bits per heavy atom. The Kier molecular flexibility index (Phi) is 4.09. The molecule has 2 aromatic rings. The molecule has 6 heteroatoms. The van der Waals surface area contributed by atoms with E-state index >= 15 is 0 Å². The van der Waals surface area contributed by atoms with Crippen molar-refractivity contribution in [2.24, 2.45) is 0 Å². The first-order chi connectivity index (χ1) is 14.4. The SMILES string of the molecule is CS(=O)(=O)O.[2H]C1([2H])NC2CCCc3c2n(c2ccc(C4CCCCC4)cc32)C1([2H])[2H]. The zero-order valence-electron chi connectivity index (χ0n) is 19.7. The maximum Gasteiger partial charge on any atom is 0.261 e. The Balaban J connectivity index is 0.000000418. The standard InChI is InChI=1S/C20H26N2.CH4O3S/c1-2-5-14(6-3-1)15-9-10-19-17(13-15)16-7-4-8-18-20(16)22(19)12-11-21-18;1-5(2,3)4/h9-10,13-14,18,21H,1-8,11-12H2;1H3,(H,2,3,4)/i11D2,12D2;. The van der Waals surface area contributed by atoms with E-state index in [0.717, 1.165) is 35.9 Å². The van der Waals surface area contributed by atoms with Gasteiger partial charge in [0.15, 0.2) is 0 Å². The van der Waals surface area contributed by atoms with Crippen LogP contribution in [-0.2, 0) is 23.0 Å². The number of aryl methyl sites for hydroxylation is 2. The number of hydrogen-bond acceptors (Lipinski definition) is 3. The van der Waals surface area contributed by atoms with E-state index in [-0.39, 0.29) is 6.04 Å². The lowest BCUT2D eigenvalue weighted by Crippen LogP contribution is -2.35. The summed E-state index contributed by atoms with van der Waals surface area (Å²) in [5.74, 6) is 0.623. The van der Waals surface area contributed by atoms with Gasteiger partial charge in [0.05, 0.1) is 9.00 Å². The van der Waals surface area contributed by atoms with Gasteiger partial charge in [-0.15, -0.1) is 0 Å². The highest BCUT2D eigenvalue weighted by molar-refractivity contribution is 7.85. The first-order valence-electron chi connectivity index (χ1n) is 11.8. The summed E-state index contributed by atoms with van der Waals surface area (Å²) < 4.78 is 61.1. The number of hydrogen-bond donors (Lipinski definition) is 2. The zero-order chi connectivity index (χ0) is 22.6. The quantitative estimate of drug-likeness (QED) is 0.712. The van der Waals surface area contributed by atoms with Crippen molar-refractivity contribution in [1.29, 1.82) is 0 Å². The highest BCUT2D eigenvalue weighted by atomic mass is 32.2. The summed E-state index contributed by atoms with van der Waals surface area (Å²) in [5, 5.41) is 4.11. The van der Waals surface area contributed by atoms with E-state index < -0.39 is 23.1 Å². The number of benzene rings is 1. The average molecular weight is 395 g/mol. The van der Waals surface area contributed by atoms with Crippen LogP contribution in [0.1, 0.15) is 79.2 Å². The normalized spacial score (nSPS) is 28.7. The van der Waals surface area contributed by atoms with Crippen LogP contribution in [-0.4, -0.2) is 30.3 Å². The van der Waals surface area contributed by atoms with E-state index in [0.29, 0.717) is 12.2 Å². The van der Waals surface area contributed by atoms with Crippen LogP contribution >= 0.6 is 0 Å². The molecule has 2 N–H and O–H groups in total. The fourth-order valence-corrected chi connectivity index (χ4v) is 4.77. The van der Waals surface area contributed by atoms with Crippen molar-refractivity contribution in [3.05, 3.63) is 35.0 Å². The van der Waals surface area contributed by atoms with Crippen LogP contribution in [0.3, 0.4) is 0 Å². The lowest BCUT2D eigenvalue weighted by molar-refractivity contribution is 0.384. The molecule has 1 aromatic carbocycles. The molecule has 0 radical (unpaired) electrons. The topological polar surface area (TPSA) is 71.3 Å². The van der Waals surface area contributed by atoms with Gasteiger partial charge in [-0.2, -0.15) is 8.42 Å². The van der Waals surface area contributed by atoms with Gasteiger partial charge in [-0.1, -0.05) is 25.3 Å². The average Bonchev–Trinajstić information content (AvgIpc) is 3.02. The van der Waals surface area contributed by atoms with Crippen LogP contribution in [0, 0.1) is 0 Å². The van der Waals surface area contributed by atoms with E-state index in [1.54, 1.807) is 4.57 Å². The first-order valence-corrected chi connectivity index (χ1v) is 11.6. The Bertz CT molecular complexity index is 1080. The van der Waals surface area contributed by atoms with Crippen LogP contribution in [0.5, 0.6) is 0 Å². The van der Waals surface area contributed by atoms with Gasteiger partial charge in [0, 0.05) is 38.4 Å². The Hall–Kier alpha value is -1.37. The molecule has 27 heavy (non-hydrogen) atoms. The van der Waals surface area contributed by atoms with Gasteiger partial charge in [0.25, 0.3) is 10.1 Å². The highest BCUT2D eigenvalue weighted by Gasteiger charge is 2.30. The largest absolute Gasteiger partial charge is 0.342 e. The van der Waals surface area contributed by atoms with Crippen molar-refractivity contribution in [2.45, 2.75) is 69.8 Å². The summed E-state index contributed by atoms with van der Waals surface area (Å²) in [6, 6.07) is 6.41. The molecule has 1 aliphatic heterocycles. The summed E-state index contributed by atoms with van der Waals surface area (Å²) in [5.41, 5.74) is 4.46. The number of rotatable bonds is 1. The highest BCUT2D eigenvalue weighted by Crippen LogP contribution is 2.41. The smallest absolute Gasteiger partial charge is 0.261 e. The van der Waals surface area contributed by atoms with Crippen LogP contribution in [0.15, 0.2) is 18.2 Å². The minimum absolute atomic E-state index is 0.0943. The van der Waals surface area contributed by atoms with Gasteiger partial charge >= 0.3 is 0 Å². The molecule has 3 aliphatic rings. The molecule has 0 spiro atoms. The summed E-state index contributed by atoms with van der Waals surface area (Å²) in [6.45, 7) is -4.17. The van der Waals surface area contributed by atoms with Crippen molar-refractivity contribution < 1.29 is 18.5 Å². The molecule has 148 valence electrons. The molecule has 1 aromatic heterocycles. The molecule has 1 saturated carbocycles. The van der Waals surface area contributed by atoms with E-state index in [9.17, 15) is 8.42 Å². The molecule has 2 aliphatic carbocycles. The number of nitrogens with zero attached hydrogens (tertiary/aromatic N) is 1. The van der Waals surface area contributed by atoms with Gasteiger partial charge in [0.2, 0.25) is 0 Å². The maximum absolute atomic E-state index is 9.19. The van der Waals surface area contributed by atoms with Gasteiger partial charge in [-0.3, -0.25) is 4.55 Å². The Labute approximate surface area is 167 Å². The lowest BCUT2D eigenvalue weighted by atomic mass is 9.83. The van der Waals surface area contributed by atoms with Crippen molar-refractivity contribution in [2.75, 3.05) is 12.8 Å². The minimum atomic E-state index is -3.67. The van der Waals surface area contributed by atoms with E-state index in [1.807, 2.05) is 6.07 Å². The Morgan fingerprint density at radius 1 is 1.19 bits per heavy atom. The van der Waals surface area contributed by atoms with E-state index in [1.165, 1.54) is 43.2 Å². The fraction of sp³-hybridized carbons (Fsp3) is 0.619. The molecule has 0 saturated heterocycles. The number of aromatic nitrogens is 1. The Morgan fingerprint density at radius 3 is 2.67 bits per heavy atom. The van der Waals surface area contributed by atoms with Gasteiger partial charge < -0.3 is 9.88 Å². The molecule has 1 fully saturated rings. The third-order valence-corrected chi connectivity index (χ3v) is 5.88. The molecule has 5 rings (SSSR count). The van der Waals surface area contributed by atoms with Crippen molar-refractivity contribution in [1.82, 2.24) is 9.88 Å². The predicted octanol–water partition coefficient (Wildman–Crippen LogP) is 4.17. The van der Waals surface area contributed by atoms with Gasteiger partial charge in [0.1, 0.15) is 0 Å². The summed E-state index contributed by atoms with van der Waals surface area (Å²) in [4.78, 5) is 0. The molecule has 5 nitrogen and oxygen atoms in total. The second kappa shape index (κ2) is 7.57. The first kappa shape index (κ1) is 14.6. The molecule has 2 heterocycles. The summed E-state index contributed by atoms with van der Waals surface area (Å²) in [6.07, 6.45) is 10.0. The number of fused-ring (bicyclic) bond motifs is 3.